The third kappa shape index (κ3) is 2.99. The summed E-state index contributed by atoms with van der Waals surface area (Å²) in [5.74, 6) is -3.43. The number of anilines is 2. The molecule has 1 aliphatic carbocycles. The van der Waals surface area contributed by atoms with E-state index >= 15 is 8.78 Å². The monoisotopic (exact) mass is 397 g/mol. The molecule has 0 radical (unpaired) electrons. The molecule has 1 fully saturated rings. The van der Waals surface area contributed by atoms with Crippen LogP contribution in [0.1, 0.15) is 41.3 Å². The number of benzene rings is 1. The van der Waals surface area contributed by atoms with Gasteiger partial charge in [0.1, 0.15) is 11.5 Å². The molecule has 0 bridgehead atoms. The van der Waals surface area contributed by atoms with Gasteiger partial charge in [-0.25, -0.2) is 4.39 Å². The molecule has 0 saturated heterocycles. The molecule has 1 atom stereocenters. The Kier molecular flexibility index (Phi) is 3.97. The lowest BCUT2D eigenvalue weighted by Crippen LogP contribution is -2.45. The number of alkyl halides is 2. The third-order valence-electron chi connectivity index (χ3n) is 5.29. The van der Waals surface area contributed by atoms with Crippen molar-refractivity contribution in [3.63, 3.8) is 0 Å². The lowest BCUT2D eigenvalue weighted by atomic mass is 9.98. The average Bonchev–Trinajstić information content (AvgIpc) is 3.47. The molecule has 1 saturated carbocycles. The number of pyridine rings is 1. The Labute approximate surface area is 165 Å². The molecule has 5 rings (SSSR count). The predicted molar refractivity (Wildman–Crippen MR) is 103 cm³/mol. The van der Waals surface area contributed by atoms with Crippen molar-refractivity contribution >= 4 is 17.7 Å². The number of aromatic amines is 1. The maximum atomic E-state index is 15.6. The van der Waals surface area contributed by atoms with E-state index in [1.165, 1.54) is 11.1 Å². The highest BCUT2D eigenvalue weighted by atomic mass is 19.3. The van der Waals surface area contributed by atoms with E-state index in [-0.39, 0.29) is 0 Å². The van der Waals surface area contributed by atoms with E-state index in [4.69, 9.17) is 0 Å². The predicted octanol–water partition coefficient (Wildman–Crippen LogP) is 4.82. The van der Waals surface area contributed by atoms with Gasteiger partial charge >= 0.3 is 5.92 Å². The van der Waals surface area contributed by atoms with Gasteiger partial charge < -0.3 is 0 Å². The minimum absolute atomic E-state index is 0.345. The van der Waals surface area contributed by atoms with Crippen molar-refractivity contribution in [1.82, 2.24) is 15.2 Å². The molecule has 148 valence electrons. The Morgan fingerprint density at radius 3 is 2.66 bits per heavy atom. The number of hydrogen-bond donors (Lipinski definition) is 1. The Morgan fingerprint density at radius 1 is 1.17 bits per heavy atom. The van der Waals surface area contributed by atoms with Gasteiger partial charge in [-0.15, -0.1) is 0 Å². The molecule has 2 aromatic heterocycles. The molecule has 3 heterocycles. The standard InChI is InChI=1S/C21H18F3N5/c1-12-9-18(28-27-12)29-19-14(3-2-4-16(19)13-5-6-13)10-26-20(29)21(23,24)17-8-7-15(22)11-25-17/h2-4,7-11,13,20H,5-6H2,1H3,(H,27,28). The zero-order chi connectivity index (χ0) is 20.2. The molecule has 0 amide bonds. The van der Waals surface area contributed by atoms with Crippen LogP contribution in [0.3, 0.4) is 0 Å². The summed E-state index contributed by atoms with van der Waals surface area (Å²) in [6.45, 7) is 1.81. The maximum Gasteiger partial charge on any atom is 0.329 e. The van der Waals surface area contributed by atoms with Crippen LogP contribution in [0.15, 0.2) is 47.6 Å². The Balaban J connectivity index is 1.68. The van der Waals surface area contributed by atoms with Crippen molar-refractivity contribution in [3.8, 4) is 0 Å². The van der Waals surface area contributed by atoms with E-state index in [0.29, 0.717) is 17.4 Å². The molecule has 1 aliphatic heterocycles. The minimum atomic E-state index is -3.47. The van der Waals surface area contributed by atoms with Gasteiger partial charge in [-0.3, -0.25) is 20.0 Å². The fourth-order valence-electron chi connectivity index (χ4n) is 3.75. The van der Waals surface area contributed by atoms with Crippen molar-refractivity contribution in [2.45, 2.75) is 37.8 Å². The summed E-state index contributed by atoms with van der Waals surface area (Å²) < 4.78 is 44.4. The molecule has 0 spiro atoms. The first-order valence-electron chi connectivity index (χ1n) is 9.42. The number of nitrogens with zero attached hydrogens (tertiary/aromatic N) is 4. The molecular weight excluding hydrogens is 379 g/mol. The van der Waals surface area contributed by atoms with E-state index in [1.54, 1.807) is 6.07 Å². The van der Waals surface area contributed by atoms with Crippen LogP contribution in [0.2, 0.25) is 0 Å². The third-order valence-corrected chi connectivity index (χ3v) is 5.29. The largest absolute Gasteiger partial charge is 0.329 e. The van der Waals surface area contributed by atoms with Gasteiger partial charge in [-0.2, -0.15) is 13.9 Å². The molecule has 8 heteroatoms. The summed E-state index contributed by atoms with van der Waals surface area (Å²) in [6.07, 6.45) is 2.75. The van der Waals surface area contributed by atoms with Gasteiger partial charge in [-0.05, 0) is 43.4 Å². The highest BCUT2D eigenvalue weighted by Crippen LogP contribution is 2.50. The second-order valence-electron chi connectivity index (χ2n) is 7.47. The van der Waals surface area contributed by atoms with Crippen molar-refractivity contribution in [3.05, 3.63) is 70.9 Å². The van der Waals surface area contributed by atoms with Crippen LogP contribution < -0.4 is 4.90 Å². The van der Waals surface area contributed by atoms with Gasteiger partial charge in [0.05, 0.1) is 11.9 Å². The molecule has 2 aliphatic rings. The van der Waals surface area contributed by atoms with Crippen molar-refractivity contribution in [2.75, 3.05) is 4.90 Å². The number of halogens is 3. The van der Waals surface area contributed by atoms with Crippen molar-refractivity contribution < 1.29 is 13.2 Å². The van der Waals surface area contributed by atoms with Gasteiger partial charge in [0.15, 0.2) is 12.0 Å². The van der Waals surface area contributed by atoms with E-state index in [1.807, 2.05) is 25.1 Å². The van der Waals surface area contributed by atoms with Gasteiger partial charge in [0.2, 0.25) is 0 Å². The van der Waals surface area contributed by atoms with Crippen LogP contribution in [0.25, 0.3) is 0 Å². The summed E-state index contributed by atoms with van der Waals surface area (Å²) in [5.41, 5.74) is 2.70. The van der Waals surface area contributed by atoms with E-state index < -0.39 is 23.6 Å². The van der Waals surface area contributed by atoms with E-state index in [2.05, 4.69) is 20.2 Å². The van der Waals surface area contributed by atoms with Gasteiger partial charge in [-0.1, -0.05) is 18.2 Å². The topological polar surface area (TPSA) is 57.2 Å². The first-order valence-corrected chi connectivity index (χ1v) is 9.42. The molecule has 1 N–H and O–H groups in total. The number of H-pyrrole nitrogens is 1. The number of hydrogen-bond acceptors (Lipinski definition) is 4. The van der Waals surface area contributed by atoms with E-state index in [9.17, 15) is 4.39 Å². The number of aliphatic imine (C=N–C) groups is 1. The SMILES string of the molecule is Cc1cc(N2c3c(cccc3C3CC3)C=NC2C(F)(F)c2ccc(F)cn2)n[nH]1. The lowest BCUT2D eigenvalue weighted by Gasteiger charge is -2.38. The lowest BCUT2D eigenvalue weighted by molar-refractivity contribution is -0.0329. The first kappa shape index (κ1) is 17.9. The highest BCUT2D eigenvalue weighted by molar-refractivity contribution is 5.94. The second-order valence-corrected chi connectivity index (χ2v) is 7.47. The van der Waals surface area contributed by atoms with E-state index in [0.717, 1.165) is 48.0 Å². The maximum absolute atomic E-state index is 15.6. The average molecular weight is 397 g/mol. The first-order chi connectivity index (χ1) is 13.9. The highest BCUT2D eigenvalue weighted by Gasteiger charge is 2.50. The van der Waals surface area contributed by atoms with Crippen LogP contribution in [0.5, 0.6) is 0 Å². The smallest absolute Gasteiger partial charge is 0.295 e. The van der Waals surface area contributed by atoms with Crippen molar-refractivity contribution in [1.29, 1.82) is 0 Å². The normalized spacial score (nSPS) is 18.8. The fourth-order valence-corrected chi connectivity index (χ4v) is 3.75. The van der Waals surface area contributed by atoms with Crippen LogP contribution >= 0.6 is 0 Å². The summed E-state index contributed by atoms with van der Waals surface area (Å²) in [7, 11) is 0. The zero-order valence-corrected chi connectivity index (χ0v) is 15.6. The number of aromatic nitrogens is 3. The van der Waals surface area contributed by atoms with Crippen LogP contribution in [0.4, 0.5) is 24.7 Å². The number of para-hydroxylation sites is 1. The molecule has 29 heavy (non-hydrogen) atoms. The number of aryl methyl sites for hydroxylation is 1. The van der Waals surface area contributed by atoms with Crippen LogP contribution in [-0.4, -0.2) is 27.6 Å². The van der Waals surface area contributed by atoms with Crippen LogP contribution in [0, 0.1) is 12.7 Å². The molecule has 1 unspecified atom stereocenters. The Hall–Kier alpha value is -3.16. The quantitative estimate of drug-likeness (QED) is 0.687. The molecule has 3 aromatic rings. The van der Waals surface area contributed by atoms with Crippen molar-refractivity contribution in [2.24, 2.45) is 4.99 Å². The summed E-state index contributed by atoms with van der Waals surface area (Å²) in [4.78, 5) is 9.31. The number of nitrogens with one attached hydrogen (secondary N) is 1. The molecule has 1 aromatic carbocycles. The van der Waals surface area contributed by atoms with Gasteiger partial charge in [0, 0.05) is 23.5 Å². The minimum Gasteiger partial charge on any atom is -0.295 e. The summed E-state index contributed by atoms with van der Waals surface area (Å²) >= 11 is 0. The summed E-state index contributed by atoms with van der Waals surface area (Å²) in [5, 5.41) is 7.07. The summed E-state index contributed by atoms with van der Waals surface area (Å²) in [6, 6.07) is 9.47. The fraction of sp³-hybridized carbons (Fsp3) is 0.286. The zero-order valence-electron chi connectivity index (χ0n) is 15.6. The number of rotatable bonds is 4. The Bertz CT molecular complexity index is 1090. The van der Waals surface area contributed by atoms with Gasteiger partial charge in [0.25, 0.3) is 0 Å². The Morgan fingerprint density at radius 2 is 2.00 bits per heavy atom. The molecular formula is C21H18F3N5. The van der Waals surface area contributed by atoms with Crippen LogP contribution in [-0.2, 0) is 5.92 Å². The number of fused-ring (bicyclic) bond motifs is 1. The second kappa shape index (κ2) is 6.43. The molecule has 5 nitrogen and oxygen atoms in total.